The van der Waals surface area contributed by atoms with E-state index in [4.69, 9.17) is 16.1 Å². The van der Waals surface area contributed by atoms with Crippen molar-refractivity contribution >= 4 is 48.7 Å². The van der Waals surface area contributed by atoms with Crippen molar-refractivity contribution in [1.82, 2.24) is 10.1 Å². The molecule has 2 heterocycles. The second kappa shape index (κ2) is 6.72. The number of benzene rings is 1. The maximum absolute atomic E-state index is 12.3. The Labute approximate surface area is 150 Å². The van der Waals surface area contributed by atoms with Gasteiger partial charge in [0.15, 0.2) is 15.7 Å². The first-order chi connectivity index (χ1) is 10.9. The van der Waals surface area contributed by atoms with Crippen molar-refractivity contribution in [3.05, 3.63) is 55.9 Å². The highest BCUT2D eigenvalue weighted by molar-refractivity contribution is 9.10. The van der Waals surface area contributed by atoms with Crippen LogP contribution in [0.2, 0.25) is 5.02 Å². The minimum Gasteiger partial charge on any atom is -0.334 e. The van der Waals surface area contributed by atoms with Gasteiger partial charge < -0.3 is 4.52 Å². The Kier molecular flexibility index (Phi) is 4.86. The first-order valence-corrected chi connectivity index (χ1v) is 10.3. The second-order valence-corrected chi connectivity index (χ2v) is 9.05. The summed E-state index contributed by atoms with van der Waals surface area (Å²) in [6.07, 6.45) is 0. The summed E-state index contributed by atoms with van der Waals surface area (Å²) in [5.74, 6) is -0.0299. The Morgan fingerprint density at radius 2 is 2.00 bits per heavy atom. The number of aromatic nitrogens is 2. The van der Waals surface area contributed by atoms with Crippen LogP contribution in [0.25, 0.3) is 11.5 Å². The van der Waals surface area contributed by atoms with E-state index in [-0.39, 0.29) is 23.2 Å². The van der Waals surface area contributed by atoms with Gasteiger partial charge in [0.2, 0.25) is 0 Å². The molecule has 0 N–H and O–H groups in total. The minimum atomic E-state index is -3.40. The molecule has 0 amide bonds. The smallest absolute Gasteiger partial charge is 0.259 e. The molecule has 0 fully saturated rings. The molecule has 3 rings (SSSR count). The van der Waals surface area contributed by atoms with Crippen LogP contribution in [0, 0.1) is 0 Å². The molecule has 0 unspecified atom stereocenters. The monoisotopic (exact) mass is 432 g/mol. The summed E-state index contributed by atoms with van der Waals surface area (Å²) in [6.45, 7) is 0. The molecule has 0 aliphatic heterocycles. The molecule has 2 aromatic heterocycles. The highest BCUT2D eigenvalue weighted by Crippen LogP contribution is 2.27. The summed E-state index contributed by atoms with van der Waals surface area (Å²) in [6, 6.07) is 8.82. The van der Waals surface area contributed by atoms with Crippen molar-refractivity contribution in [2.75, 3.05) is 0 Å². The van der Waals surface area contributed by atoms with E-state index in [1.165, 1.54) is 11.3 Å². The number of sulfone groups is 1. The third-order valence-corrected chi connectivity index (χ3v) is 6.83. The van der Waals surface area contributed by atoms with Crippen LogP contribution in [0.3, 0.4) is 0 Å². The fraction of sp³-hybridized carbons (Fsp3) is 0.143. The molecule has 0 spiro atoms. The van der Waals surface area contributed by atoms with E-state index >= 15 is 0 Å². The van der Waals surface area contributed by atoms with Crippen molar-refractivity contribution in [2.45, 2.75) is 11.5 Å². The number of halogens is 2. The van der Waals surface area contributed by atoms with Gasteiger partial charge in [-0.3, -0.25) is 0 Å². The van der Waals surface area contributed by atoms with Crippen molar-refractivity contribution in [2.24, 2.45) is 0 Å². The molecule has 0 radical (unpaired) electrons. The SMILES string of the molecule is O=S(=O)(Cc1noc(-c2ccccc2Cl)n1)Cc1sccc1Br. The molecular formula is C14H10BrClN2O3S2. The first kappa shape index (κ1) is 16.6. The lowest BCUT2D eigenvalue weighted by molar-refractivity contribution is 0.424. The van der Waals surface area contributed by atoms with Gasteiger partial charge in [0.1, 0.15) is 5.75 Å². The molecule has 0 aliphatic carbocycles. The first-order valence-electron chi connectivity index (χ1n) is 6.44. The lowest BCUT2D eigenvalue weighted by Crippen LogP contribution is -2.08. The van der Waals surface area contributed by atoms with Crippen LogP contribution in [0.4, 0.5) is 0 Å². The fourth-order valence-electron chi connectivity index (χ4n) is 1.93. The van der Waals surface area contributed by atoms with Crippen molar-refractivity contribution in [1.29, 1.82) is 0 Å². The lowest BCUT2D eigenvalue weighted by atomic mass is 10.2. The number of hydrogen-bond donors (Lipinski definition) is 0. The summed E-state index contributed by atoms with van der Waals surface area (Å²) in [5.41, 5.74) is 0.575. The Bertz CT molecular complexity index is 937. The van der Waals surface area contributed by atoms with Crippen molar-refractivity contribution in [3.8, 4) is 11.5 Å². The number of nitrogens with zero attached hydrogens (tertiary/aromatic N) is 2. The van der Waals surface area contributed by atoms with Gasteiger partial charge in [-0.2, -0.15) is 4.98 Å². The van der Waals surface area contributed by atoms with Gasteiger partial charge in [0, 0.05) is 9.35 Å². The van der Waals surface area contributed by atoms with Crippen LogP contribution in [0.15, 0.2) is 44.7 Å². The highest BCUT2D eigenvalue weighted by Gasteiger charge is 2.20. The van der Waals surface area contributed by atoms with Gasteiger partial charge in [-0.05, 0) is 39.5 Å². The molecule has 120 valence electrons. The maximum Gasteiger partial charge on any atom is 0.259 e. The van der Waals surface area contributed by atoms with E-state index in [0.717, 1.165) is 9.35 Å². The molecule has 23 heavy (non-hydrogen) atoms. The Hall–Kier alpha value is -1.22. The third-order valence-electron chi connectivity index (χ3n) is 2.96. The van der Waals surface area contributed by atoms with E-state index in [0.29, 0.717) is 10.6 Å². The van der Waals surface area contributed by atoms with Crippen LogP contribution >= 0.6 is 38.9 Å². The van der Waals surface area contributed by atoms with E-state index in [9.17, 15) is 8.42 Å². The molecular weight excluding hydrogens is 424 g/mol. The van der Waals surface area contributed by atoms with Crippen LogP contribution in [0.1, 0.15) is 10.7 Å². The molecule has 3 aromatic rings. The van der Waals surface area contributed by atoms with Gasteiger partial charge in [0.05, 0.1) is 16.3 Å². The summed E-state index contributed by atoms with van der Waals surface area (Å²) in [7, 11) is -3.40. The predicted octanol–water partition coefficient (Wildman–Crippen LogP) is 4.33. The van der Waals surface area contributed by atoms with Gasteiger partial charge in [-0.15, -0.1) is 11.3 Å². The van der Waals surface area contributed by atoms with Crippen LogP contribution in [0.5, 0.6) is 0 Å². The molecule has 0 aliphatic rings. The third kappa shape index (κ3) is 4.00. The average Bonchev–Trinajstić information content (AvgIpc) is 3.09. The summed E-state index contributed by atoms with van der Waals surface area (Å²) in [4.78, 5) is 4.88. The van der Waals surface area contributed by atoms with E-state index in [1.54, 1.807) is 24.3 Å². The standard InChI is InChI=1S/C14H10BrClN2O3S2/c15-10-5-6-22-12(10)7-23(19,20)8-13-17-14(21-18-13)9-3-1-2-4-11(9)16/h1-6H,7-8H2. The van der Waals surface area contributed by atoms with Gasteiger partial charge >= 0.3 is 0 Å². The zero-order valence-corrected chi connectivity index (χ0v) is 15.5. The van der Waals surface area contributed by atoms with Gasteiger partial charge in [-0.25, -0.2) is 8.42 Å². The molecule has 0 saturated heterocycles. The second-order valence-electron chi connectivity index (χ2n) is 4.72. The zero-order valence-electron chi connectivity index (χ0n) is 11.6. The lowest BCUT2D eigenvalue weighted by Gasteiger charge is -2.00. The van der Waals surface area contributed by atoms with E-state index < -0.39 is 9.84 Å². The Morgan fingerprint density at radius 3 is 2.70 bits per heavy atom. The topological polar surface area (TPSA) is 73.1 Å². The maximum atomic E-state index is 12.3. The fourth-order valence-corrected chi connectivity index (χ4v) is 5.59. The van der Waals surface area contributed by atoms with Crippen LogP contribution in [-0.2, 0) is 21.3 Å². The minimum absolute atomic E-state index is 0.0682. The number of rotatable bonds is 5. The van der Waals surface area contributed by atoms with E-state index in [2.05, 4.69) is 26.1 Å². The molecule has 9 heteroatoms. The Morgan fingerprint density at radius 1 is 1.22 bits per heavy atom. The largest absolute Gasteiger partial charge is 0.334 e. The van der Waals surface area contributed by atoms with Gasteiger partial charge in [0.25, 0.3) is 5.89 Å². The molecule has 0 saturated carbocycles. The predicted molar refractivity (Wildman–Crippen MR) is 93.1 cm³/mol. The summed E-state index contributed by atoms with van der Waals surface area (Å²) < 4.78 is 30.4. The molecule has 1 aromatic carbocycles. The van der Waals surface area contributed by atoms with Gasteiger partial charge in [-0.1, -0.05) is 28.9 Å². The van der Waals surface area contributed by atoms with Crippen molar-refractivity contribution in [3.63, 3.8) is 0 Å². The molecule has 0 bridgehead atoms. The van der Waals surface area contributed by atoms with Crippen molar-refractivity contribution < 1.29 is 12.9 Å². The summed E-state index contributed by atoms with van der Waals surface area (Å²) in [5, 5.41) is 6.04. The average molecular weight is 434 g/mol. The highest BCUT2D eigenvalue weighted by atomic mass is 79.9. The summed E-state index contributed by atoms with van der Waals surface area (Å²) >= 11 is 10.8. The molecule has 5 nitrogen and oxygen atoms in total. The number of thiophene rings is 1. The quantitative estimate of drug-likeness (QED) is 0.599. The van der Waals surface area contributed by atoms with Crippen LogP contribution in [-0.4, -0.2) is 18.6 Å². The zero-order chi connectivity index (χ0) is 16.4. The van der Waals surface area contributed by atoms with Crippen LogP contribution < -0.4 is 0 Å². The normalized spacial score (nSPS) is 11.7. The Balaban J connectivity index is 1.79. The number of hydrogen-bond acceptors (Lipinski definition) is 6. The van der Waals surface area contributed by atoms with E-state index in [1.807, 2.05) is 11.4 Å². The molecule has 0 atom stereocenters.